The summed E-state index contributed by atoms with van der Waals surface area (Å²) in [7, 11) is 0. The van der Waals surface area contributed by atoms with Gasteiger partial charge >= 0.3 is 0 Å². The highest BCUT2D eigenvalue weighted by Crippen LogP contribution is 2.23. The first-order valence-electron chi connectivity index (χ1n) is 10.5. The predicted octanol–water partition coefficient (Wildman–Crippen LogP) is 2.61. The van der Waals surface area contributed by atoms with Gasteiger partial charge in [-0.15, -0.1) is 6.58 Å². The molecular weight excluding hydrogens is 396 g/mol. The van der Waals surface area contributed by atoms with Gasteiger partial charge in [-0.25, -0.2) is 0 Å². The molecule has 8 nitrogen and oxygen atoms in total. The van der Waals surface area contributed by atoms with E-state index >= 15 is 0 Å². The van der Waals surface area contributed by atoms with Gasteiger partial charge in [-0.1, -0.05) is 31.4 Å². The largest absolute Gasteiger partial charge is 0.459 e. The van der Waals surface area contributed by atoms with Crippen molar-refractivity contribution < 1.29 is 18.8 Å². The summed E-state index contributed by atoms with van der Waals surface area (Å²) in [5.41, 5.74) is 0.600. The Labute approximate surface area is 181 Å². The Morgan fingerprint density at radius 3 is 2.68 bits per heavy atom. The molecular formula is C23H28N4O4. The van der Waals surface area contributed by atoms with E-state index in [1.165, 1.54) is 23.7 Å². The molecule has 1 aliphatic rings. The van der Waals surface area contributed by atoms with Gasteiger partial charge in [0.25, 0.3) is 5.91 Å². The van der Waals surface area contributed by atoms with Gasteiger partial charge in [-0.05, 0) is 31.0 Å². The Morgan fingerprint density at radius 1 is 1.23 bits per heavy atom. The molecule has 164 valence electrons. The summed E-state index contributed by atoms with van der Waals surface area (Å²) in [6, 6.07) is 5.82. The van der Waals surface area contributed by atoms with E-state index in [0.717, 1.165) is 25.7 Å². The van der Waals surface area contributed by atoms with Gasteiger partial charge in [0.05, 0.1) is 12.8 Å². The molecule has 0 unspecified atom stereocenters. The normalized spacial score (nSPS) is 15.0. The molecule has 2 aromatic rings. The molecule has 3 amide bonds. The first kappa shape index (κ1) is 22.3. The Kier molecular flexibility index (Phi) is 7.98. The third-order valence-electron chi connectivity index (χ3n) is 5.30. The Morgan fingerprint density at radius 2 is 2.03 bits per heavy atom. The molecule has 0 radical (unpaired) electrons. The molecule has 8 heteroatoms. The number of hydrogen-bond donors (Lipinski definition) is 2. The fourth-order valence-corrected chi connectivity index (χ4v) is 3.78. The molecule has 0 aliphatic heterocycles. The smallest absolute Gasteiger partial charge is 0.287 e. The zero-order chi connectivity index (χ0) is 22.1. The zero-order valence-corrected chi connectivity index (χ0v) is 17.5. The van der Waals surface area contributed by atoms with Gasteiger partial charge < -0.3 is 20.0 Å². The minimum Gasteiger partial charge on any atom is -0.459 e. The fraction of sp³-hybridized carbons (Fsp3) is 0.391. The number of nitrogens with zero attached hydrogens (tertiary/aromatic N) is 2. The Balaban J connectivity index is 1.77. The average molecular weight is 425 g/mol. The Hall–Kier alpha value is -3.42. The predicted molar refractivity (Wildman–Crippen MR) is 115 cm³/mol. The summed E-state index contributed by atoms with van der Waals surface area (Å²) >= 11 is 0. The third-order valence-corrected chi connectivity index (χ3v) is 5.30. The SMILES string of the molecule is C=CCN(C(=O)CNC(=O)c1ccco1)[C@@H](C(=O)NC1CCCCC1)c1cccnc1. The Bertz CT molecular complexity index is 876. The molecule has 0 spiro atoms. The zero-order valence-electron chi connectivity index (χ0n) is 17.5. The van der Waals surface area contributed by atoms with Crippen LogP contribution in [-0.4, -0.2) is 46.7 Å². The molecule has 2 heterocycles. The number of furan rings is 1. The van der Waals surface area contributed by atoms with Gasteiger partial charge in [-0.3, -0.25) is 19.4 Å². The van der Waals surface area contributed by atoms with Crippen molar-refractivity contribution in [2.45, 2.75) is 44.2 Å². The average Bonchev–Trinajstić information content (AvgIpc) is 3.33. The number of aromatic nitrogens is 1. The molecule has 0 aromatic carbocycles. The van der Waals surface area contributed by atoms with Crippen molar-refractivity contribution in [1.82, 2.24) is 20.5 Å². The van der Waals surface area contributed by atoms with Crippen LogP contribution in [0.1, 0.15) is 54.3 Å². The van der Waals surface area contributed by atoms with Gasteiger partial charge in [0, 0.05) is 30.5 Å². The van der Waals surface area contributed by atoms with Gasteiger partial charge in [0.1, 0.15) is 6.04 Å². The van der Waals surface area contributed by atoms with Crippen molar-refractivity contribution in [3.05, 3.63) is 66.9 Å². The van der Waals surface area contributed by atoms with Crippen LogP contribution in [0, 0.1) is 0 Å². The van der Waals surface area contributed by atoms with Crippen LogP contribution in [0.4, 0.5) is 0 Å². The first-order chi connectivity index (χ1) is 15.1. The van der Waals surface area contributed by atoms with Crippen molar-refractivity contribution >= 4 is 17.7 Å². The van der Waals surface area contributed by atoms with Crippen LogP contribution in [0.3, 0.4) is 0 Å². The molecule has 2 N–H and O–H groups in total. The second-order valence-electron chi connectivity index (χ2n) is 7.53. The fourth-order valence-electron chi connectivity index (χ4n) is 3.78. The molecule has 3 rings (SSSR count). The first-order valence-corrected chi connectivity index (χ1v) is 10.5. The van der Waals surface area contributed by atoms with E-state index in [9.17, 15) is 14.4 Å². The number of pyridine rings is 1. The molecule has 1 saturated carbocycles. The van der Waals surface area contributed by atoms with Crippen molar-refractivity contribution in [1.29, 1.82) is 0 Å². The number of carbonyl (C=O) groups excluding carboxylic acids is 3. The van der Waals surface area contributed by atoms with Crippen LogP contribution < -0.4 is 10.6 Å². The molecule has 1 aliphatic carbocycles. The number of amides is 3. The van der Waals surface area contributed by atoms with Gasteiger partial charge in [-0.2, -0.15) is 0 Å². The molecule has 0 saturated heterocycles. The highest BCUT2D eigenvalue weighted by atomic mass is 16.3. The minimum atomic E-state index is -0.873. The maximum Gasteiger partial charge on any atom is 0.287 e. The maximum atomic E-state index is 13.3. The summed E-state index contributed by atoms with van der Waals surface area (Å²) in [5, 5.41) is 5.65. The van der Waals surface area contributed by atoms with E-state index in [4.69, 9.17) is 4.42 Å². The van der Waals surface area contributed by atoms with E-state index in [1.807, 2.05) is 0 Å². The molecule has 1 atom stereocenters. The van der Waals surface area contributed by atoms with E-state index in [0.29, 0.717) is 5.56 Å². The van der Waals surface area contributed by atoms with E-state index in [2.05, 4.69) is 22.2 Å². The monoisotopic (exact) mass is 424 g/mol. The summed E-state index contributed by atoms with van der Waals surface area (Å²) < 4.78 is 5.05. The summed E-state index contributed by atoms with van der Waals surface area (Å²) in [6.45, 7) is 3.60. The second kappa shape index (κ2) is 11.1. The lowest BCUT2D eigenvalue weighted by molar-refractivity contribution is -0.140. The van der Waals surface area contributed by atoms with Crippen LogP contribution in [0.15, 0.2) is 60.0 Å². The number of rotatable bonds is 9. The van der Waals surface area contributed by atoms with Crippen LogP contribution in [-0.2, 0) is 9.59 Å². The van der Waals surface area contributed by atoms with E-state index < -0.39 is 17.9 Å². The lowest BCUT2D eigenvalue weighted by Gasteiger charge is -2.32. The highest BCUT2D eigenvalue weighted by molar-refractivity contribution is 5.95. The van der Waals surface area contributed by atoms with Crippen molar-refractivity contribution in [3.8, 4) is 0 Å². The molecule has 31 heavy (non-hydrogen) atoms. The molecule has 2 aromatic heterocycles. The maximum absolute atomic E-state index is 13.3. The number of carbonyl (C=O) groups is 3. The summed E-state index contributed by atoms with van der Waals surface area (Å²) in [4.78, 5) is 44.0. The second-order valence-corrected chi connectivity index (χ2v) is 7.53. The number of nitrogens with one attached hydrogen (secondary N) is 2. The topological polar surface area (TPSA) is 105 Å². The van der Waals surface area contributed by atoms with Crippen molar-refractivity contribution in [2.75, 3.05) is 13.1 Å². The standard InChI is InChI=1S/C23H28N4O4/c1-2-13-27(20(28)16-25-22(29)19-11-7-14-31-19)21(17-8-6-12-24-15-17)23(30)26-18-9-4-3-5-10-18/h2,6-8,11-12,14-15,18,21H,1,3-5,9-10,13,16H2,(H,25,29)(H,26,30)/t21-/m1/s1. The van der Waals surface area contributed by atoms with Crippen LogP contribution >= 0.6 is 0 Å². The van der Waals surface area contributed by atoms with Crippen LogP contribution in [0.5, 0.6) is 0 Å². The minimum absolute atomic E-state index is 0.0970. The lowest BCUT2D eigenvalue weighted by Crippen LogP contribution is -2.49. The summed E-state index contributed by atoms with van der Waals surface area (Å²) in [6.07, 6.45) is 11.3. The van der Waals surface area contributed by atoms with Crippen molar-refractivity contribution in [3.63, 3.8) is 0 Å². The summed E-state index contributed by atoms with van der Waals surface area (Å²) in [5.74, 6) is -1.05. The molecule has 1 fully saturated rings. The van der Waals surface area contributed by atoms with Crippen molar-refractivity contribution in [2.24, 2.45) is 0 Å². The third kappa shape index (κ3) is 6.04. The van der Waals surface area contributed by atoms with E-state index in [1.54, 1.807) is 36.7 Å². The van der Waals surface area contributed by atoms with Gasteiger partial charge in [0.2, 0.25) is 11.8 Å². The van der Waals surface area contributed by atoms with E-state index in [-0.39, 0.29) is 30.8 Å². The van der Waals surface area contributed by atoms with Crippen LogP contribution in [0.2, 0.25) is 0 Å². The van der Waals surface area contributed by atoms with Gasteiger partial charge in [0.15, 0.2) is 5.76 Å². The molecule has 0 bridgehead atoms. The number of hydrogen-bond acceptors (Lipinski definition) is 5. The lowest BCUT2D eigenvalue weighted by atomic mass is 9.95. The quantitative estimate of drug-likeness (QED) is 0.602. The highest BCUT2D eigenvalue weighted by Gasteiger charge is 2.32. The van der Waals surface area contributed by atoms with Crippen LogP contribution in [0.25, 0.3) is 0 Å².